The fourth-order valence-corrected chi connectivity index (χ4v) is 5.70. The fourth-order valence-electron chi connectivity index (χ4n) is 5.33. The van der Waals surface area contributed by atoms with Crippen molar-refractivity contribution in [1.29, 1.82) is 0 Å². The molecule has 4 atom stereocenters. The summed E-state index contributed by atoms with van der Waals surface area (Å²) in [5, 5.41) is 6.72. The van der Waals surface area contributed by atoms with Gasteiger partial charge in [0.25, 0.3) is 0 Å². The minimum atomic E-state index is -0.799. The lowest BCUT2D eigenvalue weighted by molar-refractivity contribution is -0.118. The highest BCUT2D eigenvalue weighted by Crippen LogP contribution is 2.45. The minimum Gasteiger partial charge on any atom is -0.465 e. The van der Waals surface area contributed by atoms with Gasteiger partial charge in [-0.3, -0.25) is 4.79 Å². The van der Waals surface area contributed by atoms with Crippen LogP contribution in [0.25, 0.3) is 11.0 Å². The first-order chi connectivity index (χ1) is 18.2. The monoisotopic (exact) mass is 554 g/mol. The Labute approximate surface area is 228 Å². The highest BCUT2D eigenvalue weighted by Gasteiger charge is 2.48. The maximum Gasteiger partial charge on any atom is 0.337 e. The number of aryl methyl sites for hydroxylation is 1. The molecule has 1 saturated heterocycles. The Morgan fingerprint density at radius 3 is 2.58 bits per heavy atom. The first-order valence-electron chi connectivity index (χ1n) is 12.0. The van der Waals surface area contributed by atoms with Crippen molar-refractivity contribution in [2.24, 2.45) is 7.05 Å². The number of anilines is 1. The van der Waals surface area contributed by atoms with Crippen LogP contribution in [0.1, 0.15) is 40.5 Å². The van der Waals surface area contributed by atoms with Gasteiger partial charge in [-0.15, -0.1) is 0 Å². The maximum absolute atomic E-state index is 15.5. The summed E-state index contributed by atoms with van der Waals surface area (Å²) in [5.41, 5.74) is 2.60. The molecule has 1 amide bonds. The minimum absolute atomic E-state index is 0.0254. The number of methoxy groups -OCH3 is 1. The van der Waals surface area contributed by atoms with Gasteiger partial charge in [-0.1, -0.05) is 41.4 Å². The Kier molecular flexibility index (Phi) is 7.13. The summed E-state index contributed by atoms with van der Waals surface area (Å²) >= 11 is 12.3. The molecule has 7 nitrogen and oxygen atoms in total. The zero-order valence-electron chi connectivity index (χ0n) is 20.8. The van der Waals surface area contributed by atoms with Crippen LogP contribution >= 0.6 is 23.2 Å². The van der Waals surface area contributed by atoms with Gasteiger partial charge in [0.2, 0.25) is 5.91 Å². The molecule has 3 aromatic carbocycles. The maximum atomic E-state index is 15.5. The lowest BCUT2D eigenvalue weighted by Crippen LogP contribution is -2.41. The van der Waals surface area contributed by atoms with E-state index in [0.29, 0.717) is 33.2 Å². The molecule has 38 heavy (non-hydrogen) atoms. The Balaban J connectivity index is 1.61. The van der Waals surface area contributed by atoms with Crippen LogP contribution in [0.15, 0.2) is 60.7 Å². The molecular weight excluding hydrogens is 530 g/mol. The van der Waals surface area contributed by atoms with E-state index in [0.717, 1.165) is 5.52 Å². The molecule has 1 aromatic heterocycles. The lowest BCUT2D eigenvalue weighted by atomic mass is 9.80. The number of fused-ring (bicyclic) bond motifs is 1. The van der Waals surface area contributed by atoms with Gasteiger partial charge in [0, 0.05) is 35.6 Å². The molecule has 0 radical (unpaired) electrons. The topological polar surface area (TPSA) is 85.2 Å². The van der Waals surface area contributed by atoms with E-state index < -0.39 is 29.7 Å². The Hall–Kier alpha value is -3.46. The number of nitrogens with zero attached hydrogens (tertiary/aromatic N) is 2. The average molecular weight is 555 g/mol. The van der Waals surface area contributed by atoms with Crippen molar-refractivity contribution < 1.29 is 18.7 Å². The molecule has 4 aromatic rings. The molecular formula is C28H25Cl2FN4O3. The predicted molar refractivity (Wildman–Crippen MR) is 145 cm³/mol. The largest absolute Gasteiger partial charge is 0.465 e. The molecule has 196 valence electrons. The number of esters is 1. The predicted octanol–water partition coefficient (Wildman–Crippen LogP) is 5.67. The number of halogens is 3. The van der Waals surface area contributed by atoms with Crippen molar-refractivity contribution >= 4 is 51.8 Å². The molecule has 1 aliphatic rings. The molecule has 2 heterocycles. The molecule has 1 fully saturated rings. The van der Waals surface area contributed by atoms with Crippen LogP contribution in [0.2, 0.25) is 10.0 Å². The summed E-state index contributed by atoms with van der Waals surface area (Å²) in [4.78, 5) is 30.5. The number of rotatable bonds is 5. The Bertz CT molecular complexity index is 1560. The van der Waals surface area contributed by atoms with Gasteiger partial charge < -0.3 is 19.9 Å². The van der Waals surface area contributed by atoms with E-state index in [-0.39, 0.29) is 17.0 Å². The second-order valence-electron chi connectivity index (χ2n) is 9.35. The SMILES string of the molecule is COC(=O)c1ccc2c(c1)nc([C@H]1C(c3cccc(Cl)c3F)C(C(=O)Nc3cccc(Cl)c3)N[C@H]1C)n2C. The number of aromatic nitrogens is 2. The molecule has 0 saturated carbocycles. The third kappa shape index (κ3) is 4.64. The van der Waals surface area contributed by atoms with E-state index in [1.54, 1.807) is 54.6 Å². The molecule has 0 bridgehead atoms. The van der Waals surface area contributed by atoms with Gasteiger partial charge in [0.1, 0.15) is 11.6 Å². The summed E-state index contributed by atoms with van der Waals surface area (Å²) in [7, 11) is 3.18. The molecule has 10 heteroatoms. The number of amides is 1. The van der Waals surface area contributed by atoms with Gasteiger partial charge in [-0.2, -0.15) is 0 Å². The van der Waals surface area contributed by atoms with Crippen LogP contribution in [0, 0.1) is 5.82 Å². The van der Waals surface area contributed by atoms with Crippen molar-refractivity contribution in [3.8, 4) is 0 Å². The quantitative estimate of drug-likeness (QED) is 0.310. The zero-order valence-corrected chi connectivity index (χ0v) is 22.3. The smallest absolute Gasteiger partial charge is 0.337 e. The first-order valence-corrected chi connectivity index (χ1v) is 12.8. The van der Waals surface area contributed by atoms with Gasteiger partial charge in [0.15, 0.2) is 0 Å². The highest BCUT2D eigenvalue weighted by molar-refractivity contribution is 6.31. The van der Waals surface area contributed by atoms with Gasteiger partial charge in [-0.05, 0) is 55.0 Å². The fraction of sp³-hybridized carbons (Fsp3) is 0.250. The van der Waals surface area contributed by atoms with E-state index in [9.17, 15) is 9.59 Å². The van der Waals surface area contributed by atoms with Crippen molar-refractivity contribution in [3.05, 3.63) is 93.5 Å². The normalized spacial score (nSPS) is 21.0. The molecule has 0 aliphatic carbocycles. The lowest BCUT2D eigenvalue weighted by Gasteiger charge is -2.25. The van der Waals surface area contributed by atoms with Crippen molar-refractivity contribution in [3.63, 3.8) is 0 Å². The van der Waals surface area contributed by atoms with E-state index in [1.807, 2.05) is 18.5 Å². The third-order valence-electron chi connectivity index (χ3n) is 7.08. The van der Waals surface area contributed by atoms with Gasteiger partial charge >= 0.3 is 5.97 Å². The zero-order chi connectivity index (χ0) is 27.1. The van der Waals surface area contributed by atoms with Crippen molar-refractivity contribution in [2.45, 2.75) is 30.8 Å². The summed E-state index contributed by atoms with van der Waals surface area (Å²) in [5.74, 6) is -1.78. The Morgan fingerprint density at radius 1 is 1.08 bits per heavy atom. The van der Waals surface area contributed by atoms with Crippen LogP contribution < -0.4 is 10.6 Å². The van der Waals surface area contributed by atoms with Gasteiger partial charge in [-0.25, -0.2) is 14.2 Å². The molecule has 2 N–H and O–H groups in total. The van der Waals surface area contributed by atoms with E-state index in [2.05, 4.69) is 10.6 Å². The number of nitrogens with one attached hydrogen (secondary N) is 2. The van der Waals surface area contributed by atoms with Crippen LogP contribution in [0.3, 0.4) is 0 Å². The number of imidazole rings is 1. The standard InChI is InChI=1S/C28H25Cl2FN4O3/c1-14-22(26-34-20-12-15(28(37)38-3)10-11-21(20)35(26)2)23(18-8-5-9-19(30)24(18)31)25(32-14)27(36)33-17-7-4-6-16(29)13-17/h4-14,22-23,25,32H,1-3H3,(H,33,36)/t14-,22+,23?,25?/m0/s1. The number of hydrogen-bond donors (Lipinski definition) is 2. The molecule has 0 spiro atoms. The average Bonchev–Trinajstić information content (AvgIpc) is 3.40. The summed E-state index contributed by atoms with van der Waals surface area (Å²) in [6, 6.07) is 15.7. The van der Waals surface area contributed by atoms with Crippen molar-refractivity contribution in [1.82, 2.24) is 14.9 Å². The van der Waals surface area contributed by atoms with E-state index >= 15 is 4.39 Å². The van der Waals surface area contributed by atoms with Crippen LogP contribution in [-0.4, -0.2) is 40.6 Å². The molecule has 1 aliphatic heterocycles. The molecule has 5 rings (SSSR count). The van der Waals surface area contributed by atoms with Crippen LogP contribution in [0.5, 0.6) is 0 Å². The number of carbonyl (C=O) groups excluding carboxylic acids is 2. The highest BCUT2D eigenvalue weighted by atomic mass is 35.5. The summed E-state index contributed by atoms with van der Waals surface area (Å²) in [6.07, 6.45) is 0. The third-order valence-corrected chi connectivity index (χ3v) is 7.60. The first kappa shape index (κ1) is 26.2. The van der Waals surface area contributed by atoms with E-state index in [4.69, 9.17) is 32.9 Å². The summed E-state index contributed by atoms with van der Waals surface area (Å²) < 4.78 is 22.2. The van der Waals surface area contributed by atoms with E-state index in [1.165, 1.54) is 13.2 Å². The second kappa shape index (κ2) is 10.4. The number of ether oxygens (including phenoxy) is 1. The van der Waals surface area contributed by atoms with Gasteiger partial charge in [0.05, 0.1) is 34.8 Å². The molecule has 2 unspecified atom stereocenters. The van der Waals surface area contributed by atoms with Crippen LogP contribution in [0.4, 0.5) is 10.1 Å². The number of hydrogen-bond acceptors (Lipinski definition) is 5. The van der Waals surface area contributed by atoms with Crippen LogP contribution in [-0.2, 0) is 16.6 Å². The number of benzene rings is 3. The Morgan fingerprint density at radius 2 is 1.84 bits per heavy atom. The number of carbonyl (C=O) groups is 2. The second-order valence-corrected chi connectivity index (χ2v) is 10.2. The summed E-state index contributed by atoms with van der Waals surface area (Å²) in [6.45, 7) is 1.94. The van der Waals surface area contributed by atoms with Crippen molar-refractivity contribution in [2.75, 3.05) is 12.4 Å².